The number of hydrogen-bond acceptors (Lipinski definition) is 12. The second kappa shape index (κ2) is 24.9. The van der Waals surface area contributed by atoms with Crippen LogP contribution < -0.4 is 52.4 Å². The lowest BCUT2D eigenvalue weighted by molar-refractivity contribution is 0.407. The van der Waals surface area contributed by atoms with Gasteiger partial charge in [-0.05, 0) is 70.0 Å². The van der Waals surface area contributed by atoms with Crippen LogP contribution in [-0.2, 0) is 12.8 Å². The predicted molar refractivity (Wildman–Crippen MR) is 218 cm³/mol. The number of hydrogen-bond donors (Lipinski definition) is 5. The first-order chi connectivity index (χ1) is 26.2. The minimum atomic E-state index is -0.804. The number of nitrogen functional groups attached to an aromatic ring is 5. The monoisotopic (exact) mass is 841 g/mol. The molecule has 5 aromatic carbocycles. The summed E-state index contributed by atoms with van der Waals surface area (Å²) in [6, 6.07) is 27.4. The van der Waals surface area contributed by atoms with E-state index in [0.29, 0.717) is 46.4 Å². The van der Waals surface area contributed by atoms with Crippen molar-refractivity contribution in [2.45, 2.75) is 12.8 Å². The van der Waals surface area contributed by atoms with E-state index in [1.165, 1.54) is 7.11 Å². The van der Waals surface area contributed by atoms with Crippen LogP contribution in [-0.4, -0.2) is 35.5 Å². The molecule has 292 valence electrons. The summed E-state index contributed by atoms with van der Waals surface area (Å²) in [4.78, 5) is 0. The Labute approximate surface area is 333 Å². The zero-order valence-electron chi connectivity index (χ0n) is 30.8. The van der Waals surface area contributed by atoms with Crippen molar-refractivity contribution in [1.82, 2.24) is 0 Å². The molecule has 55 heavy (non-hydrogen) atoms. The van der Waals surface area contributed by atoms with Gasteiger partial charge in [-0.3, -0.25) is 0 Å². The maximum Gasteiger partial charge on any atom is 0.152 e. The number of nitrogens with two attached hydrogens (primary N) is 5. The van der Waals surface area contributed by atoms with Crippen LogP contribution in [0, 0.1) is 34.3 Å². The van der Waals surface area contributed by atoms with Gasteiger partial charge in [0.05, 0.1) is 76.9 Å². The lowest BCUT2D eigenvalue weighted by Crippen LogP contribution is -1.96. The summed E-state index contributed by atoms with van der Waals surface area (Å²) in [5.74, 6) is 1.34. The average molecular weight is 843 g/mol. The smallest absolute Gasteiger partial charge is 0.152 e. The Morgan fingerprint density at radius 2 is 1.11 bits per heavy atom. The van der Waals surface area contributed by atoms with Gasteiger partial charge in [-0.25, -0.2) is 8.78 Å². The molecule has 10 N–H and O–H groups in total. The maximum absolute atomic E-state index is 12.6. The van der Waals surface area contributed by atoms with Crippen molar-refractivity contribution >= 4 is 56.0 Å². The fourth-order valence-electron chi connectivity index (χ4n) is 3.90. The van der Waals surface area contributed by atoms with Gasteiger partial charge in [0.25, 0.3) is 0 Å². The third kappa shape index (κ3) is 16.5. The van der Waals surface area contributed by atoms with Crippen LogP contribution in [0.2, 0.25) is 5.02 Å². The zero-order chi connectivity index (χ0) is 41.5. The van der Waals surface area contributed by atoms with Crippen LogP contribution in [0.4, 0.5) is 37.2 Å². The number of ether oxygens (including phenoxy) is 5. The second-order valence-electron chi connectivity index (χ2n) is 10.6. The molecule has 0 aromatic heterocycles. The van der Waals surface area contributed by atoms with Gasteiger partial charge in [0, 0.05) is 45.7 Å². The van der Waals surface area contributed by atoms with Crippen molar-refractivity contribution in [3.05, 3.63) is 117 Å². The van der Waals surface area contributed by atoms with Gasteiger partial charge >= 0.3 is 0 Å². The van der Waals surface area contributed by atoms with Gasteiger partial charge in [-0.2, -0.15) is 10.5 Å². The zero-order valence-corrected chi connectivity index (χ0v) is 33.2. The molecule has 0 unspecified atom stereocenters. The van der Waals surface area contributed by atoms with E-state index < -0.39 is 17.3 Å². The first-order valence-electron chi connectivity index (χ1n) is 15.7. The minimum absolute atomic E-state index is 0.120. The van der Waals surface area contributed by atoms with E-state index in [2.05, 4.69) is 32.8 Å². The van der Waals surface area contributed by atoms with Gasteiger partial charge in [-0.1, -0.05) is 23.7 Å². The lowest BCUT2D eigenvalue weighted by Gasteiger charge is -2.05. The summed E-state index contributed by atoms with van der Waals surface area (Å²) in [5.41, 5.74) is 31.0. The molecule has 0 aliphatic carbocycles. The van der Waals surface area contributed by atoms with Crippen LogP contribution >= 0.6 is 27.5 Å². The van der Waals surface area contributed by atoms with E-state index in [1.54, 1.807) is 83.0 Å². The molecule has 0 aliphatic rings. The Morgan fingerprint density at radius 3 is 1.60 bits per heavy atom. The van der Waals surface area contributed by atoms with E-state index in [4.69, 9.17) is 69.7 Å². The highest BCUT2D eigenvalue weighted by Crippen LogP contribution is 2.26. The van der Waals surface area contributed by atoms with Gasteiger partial charge in [0.15, 0.2) is 11.6 Å². The molecule has 0 aliphatic heterocycles. The Bertz CT molecular complexity index is 1990. The first-order valence-corrected chi connectivity index (χ1v) is 16.9. The van der Waals surface area contributed by atoms with Gasteiger partial charge < -0.3 is 52.4 Å². The van der Waals surface area contributed by atoms with Crippen LogP contribution in [0.5, 0.6) is 28.7 Å². The van der Waals surface area contributed by atoms with Gasteiger partial charge in [0.2, 0.25) is 0 Å². The van der Waals surface area contributed by atoms with Crippen LogP contribution in [0.3, 0.4) is 0 Å². The fraction of sp³-hybridized carbons (Fsp3) is 0.179. The fourth-order valence-corrected chi connectivity index (χ4v) is 4.43. The van der Waals surface area contributed by atoms with Crippen molar-refractivity contribution in [2.24, 2.45) is 0 Å². The summed E-state index contributed by atoms with van der Waals surface area (Å²) >= 11 is 8.97. The predicted octanol–water partition coefficient (Wildman–Crippen LogP) is 8.21. The summed E-state index contributed by atoms with van der Waals surface area (Å²) in [5, 5.41) is 17.4. The van der Waals surface area contributed by atoms with Crippen LogP contribution in [0.1, 0.15) is 11.1 Å². The van der Waals surface area contributed by atoms with Crippen molar-refractivity contribution in [2.75, 3.05) is 64.2 Å². The number of benzene rings is 5. The quantitative estimate of drug-likeness (QED) is 0.0978. The Hall–Kier alpha value is -6.29. The average Bonchev–Trinajstić information content (AvgIpc) is 3.18. The highest BCUT2D eigenvalue weighted by atomic mass is 79.9. The first kappa shape index (κ1) is 46.7. The van der Waals surface area contributed by atoms with Crippen molar-refractivity contribution < 1.29 is 32.5 Å². The van der Waals surface area contributed by atoms with Crippen molar-refractivity contribution in [1.29, 1.82) is 10.5 Å². The van der Waals surface area contributed by atoms with Crippen molar-refractivity contribution in [3.63, 3.8) is 0 Å². The van der Waals surface area contributed by atoms with Crippen LogP contribution in [0.25, 0.3) is 0 Å². The van der Waals surface area contributed by atoms with E-state index in [-0.39, 0.29) is 5.75 Å². The molecule has 0 heterocycles. The summed E-state index contributed by atoms with van der Waals surface area (Å²) in [7, 11) is 7.65. The third-order valence-electron chi connectivity index (χ3n) is 6.87. The normalized spacial score (nSPS) is 9.29. The molecule has 0 saturated carbocycles. The molecule has 16 heteroatoms. The second-order valence-corrected chi connectivity index (χ2v) is 11.9. The van der Waals surface area contributed by atoms with E-state index in [9.17, 15) is 8.78 Å². The highest BCUT2D eigenvalue weighted by molar-refractivity contribution is 9.10. The molecule has 0 atom stereocenters. The molecule has 0 amide bonds. The Morgan fingerprint density at radius 1 is 0.582 bits per heavy atom. The molecule has 5 rings (SSSR count). The molecular formula is C39H43BrClF2N7O5. The maximum atomic E-state index is 12.6. The minimum Gasteiger partial charge on any atom is -0.497 e. The van der Waals surface area contributed by atoms with E-state index >= 15 is 0 Å². The molecule has 0 saturated heterocycles. The SMILES string of the molecule is COc1cc(CC#N)ccc1N.COc1cc(F)c(N)c(F)c1.COc1cc(N)ccc1CC#N.COc1ccc(N)c(Br)c1.COc1ccc(N)c(Cl)c1. The number of methoxy groups -OCH3 is 5. The molecule has 0 fully saturated rings. The Kier molecular flexibility index (Phi) is 21.1. The molecular weight excluding hydrogens is 800 g/mol. The van der Waals surface area contributed by atoms with Crippen LogP contribution in [0.15, 0.2) is 89.4 Å². The lowest BCUT2D eigenvalue weighted by atomic mass is 10.1. The highest BCUT2D eigenvalue weighted by Gasteiger charge is 2.07. The summed E-state index contributed by atoms with van der Waals surface area (Å²) < 4.78 is 50.5. The van der Waals surface area contributed by atoms with E-state index in [0.717, 1.165) is 44.9 Å². The molecule has 12 nitrogen and oxygen atoms in total. The standard InChI is InChI=1S/2C9H10N2O.C7H8BrNO.C7H8ClNO.C7H7F2NO/c1-12-9-6-8(11)3-2-7(9)4-5-10;1-12-9-6-7(4-5-10)2-3-8(9)11;2*1-10-5-2-3-7(9)6(8)4-5;1-11-4-2-5(8)7(10)6(9)3-4/h2*2-3,6H,4,11H2,1H3;2*2-4H,9H2,1H3;2-3H,10H2,1H3. The third-order valence-corrected chi connectivity index (χ3v) is 7.88. The largest absolute Gasteiger partial charge is 0.497 e. The molecule has 0 bridgehead atoms. The van der Waals surface area contributed by atoms with Crippen molar-refractivity contribution in [3.8, 4) is 40.9 Å². The Balaban J connectivity index is 0.000000344. The topological polar surface area (TPSA) is 224 Å². The molecule has 5 aromatic rings. The molecule has 0 radical (unpaired) electrons. The molecule has 0 spiro atoms. The summed E-state index contributed by atoms with van der Waals surface area (Å²) in [6.07, 6.45) is 0.736. The number of anilines is 5. The van der Waals surface area contributed by atoms with Gasteiger partial charge in [0.1, 0.15) is 34.4 Å². The number of rotatable bonds is 7. The van der Waals surface area contributed by atoms with E-state index in [1.807, 2.05) is 18.2 Å². The number of nitrogens with zero attached hydrogens (tertiary/aromatic N) is 2. The number of halogens is 4. The summed E-state index contributed by atoms with van der Waals surface area (Å²) in [6.45, 7) is 0. The van der Waals surface area contributed by atoms with Gasteiger partial charge in [-0.15, -0.1) is 0 Å². The number of nitriles is 2.